The van der Waals surface area contributed by atoms with Crippen molar-refractivity contribution in [3.8, 4) is 0 Å². The molecule has 2 aromatic carbocycles. The molecule has 0 bridgehead atoms. The summed E-state index contributed by atoms with van der Waals surface area (Å²) < 4.78 is 14.1. The minimum absolute atomic E-state index is 0.300. The van der Waals surface area contributed by atoms with Crippen LogP contribution in [0.15, 0.2) is 46.9 Å². The molecule has 0 aliphatic rings. The molecular weight excluding hydrogens is 319 g/mol. The molecule has 0 aromatic heterocycles. The Balaban J connectivity index is 2.24. The maximum Gasteiger partial charge on any atom is 0.124 e. The molecule has 0 heterocycles. The van der Waals surface area contributed by atoms with Gasteiger partial charge >= 0.3 is 0 Å². The van der Waals surface area contributed by atoms with E-state index in [1.54, 1.807) is 6.92 Å². The number of rotatable bonds is 4. The number of aliphatic hydroxyl groups is 1. The Morgan fingerprint density at radius 2 is 1.75 bits per heavy atom. The number of benzene rings is 2. The van der Waals surface area contributed by atoms with E-state index in [1.165, 1.54) is 17.7 Å². The second-order valence-electron chi connectivity index (χ2n) is 5.28. The highest BCUT2D eigenvalue weighted by atomic mass is 79.9. The van der Waals surface area contributed by atoms with Crippen molar-refractivity contribution in [1.82, 2.24) is 0 Å². The molecule has 0 radical (unpaired) electrons. The van der Waals surface area contributed by atoms with Crippen LogP contribution in [0.5, 0.6) is 0 Å². The third-order valence-electron chi connectivity index (χ3n) is 3.45. The molecule has 1 nitrogen and oxygen atoms in total. The molecule has 1 N–H and O–H groups in total. The Hall–Kier alpha value is -1.19. The largest absolute Gasteiger partial charge is 0.385 e. The van der Waals surface area contributed by atoms with Crippen molar-refractivity contribution >= 4 is 15.9 Å². The van der Waals surface area contributed by atoms with Crippen molar-refractivity contribution < 1.29 is 9.50 Å². The lowest BCUT2D eigenvalue weighted by molar-refractivity contribution is 0.0575. The molecule has 2 aromatic rings. The molecule has 0 spiro atoms. The second-order valence-corrected chi connectivity index (χ2v) is 6.19. The van der Waals surface area contributed by atoms with E-state index in [0.29, 0.717) is 10.9 Å². The Morgan fingerprint density at radius 3 is 2.30 bits per heavy atom. The van der Waals surface area contributed by atoms with E-state index in [4.69, 9.17) is 0 Å². The minimum Gasteiger partial charge on any atom is -0.385 e. The summed E-state index contributed by atoms with van der Waals surface area (Å²) in [7, 11) is 0. The van der Waals surface area contributed by atoms with Gasteiger partial charge in [0.2, 0.25) is 0 Å². The van der Waals surface area contributed by atoms with E-state index in [9.17, 15) is 9.50 Å². The average molecular weight is 337 g/mol. The van der Waals surface area contributed by atoms with Gasteiger partial charge in [0.1, 0.15) is 5.82 Å². The fraction of sp³-hybridized carbons (Fsp3) is 0.294. The highest BCUT2D eigenvalue weighted by Crippen LogP contribution is 2.27. The van der Waals surface area contributed by atoms with E-state index in [1.807, 2.05) is 30.3 Å². The van der Waals surface area contributed by atoms with Crippen LogP contribution in [0.2, 0.25) is 0 Å². The molecule has 1 atom stereocenters. The standard InChI is InChI=1S/C17H18BrFO/c1-3-12-4-6-14(7-5-12)17(2,20)11-13-8-15(18)10-16(19)9-13/h4-10,20H,3,11H2,1-2H3. The first-order chi connectivity index (χ1) is 9.40. The normalized spacial score (nSPS) is 14.1. The van der Waals surface area contributed by atoms with Gasteiger partial charge in [0, 0.05) is 10.9 Å². The summed E-state index contributed by atoms with van der Waals surface area (Å²) in [6.45, 7) is 3.85. The van der Waals surface area contributed by atoms with Gasteiger partial charge in [-0.2, -0.15) is 0 Å². The molecule has 0 aliphatic heterocycles. The van der Waals surface area contributed by atoms with Gasteiger partial charge in [-0.1, -0.05) is 47.1 Å². The fourth-order valence-corrected chi connectivity index (χ4v) is 2.82. The topological polar surface area (TPSA) is 20.2 Å². The smallest absolute Gasteiger partial charge is 0.124 e. The molecule has 0 saturated carbocycles. The summed E-state index contributed by atoms with van der Waals surface area (Å²) >= 11 is 3.27. The van der Waals surface area contributed by atoms with Crippen LogP contribution < -0.4 is 0 Å². The summed E-state index contributed by atoms with van der Waals surface area (Å²) in [6.07, 6.45) is 1.34. The number of halogens is 2. The Kier molecular flexibility index (Phi) is 4.61. The number of aryl methyl sites for hydroxylation is 1. The zero-order valence-corrected chi connectivity index (χ0v) is 13.2. The predicted octanol–water partition coefficient (Wildman–Crippen LogP) is 4.60. The van der Waals surface area contributed by atoms with Gasteiger partial charge in [-0.25, -0.2) is 4.39 Å². The molecule has 0 amide bonds. The first kappa shape index (κ1) is 15.2. The lowest BCUT2D eigenvalue weighted by atomic mass is 9.88. The predicted molar refractivity (Wildman–Crippen MR) is 83.2 cm³/mol. The Morgan fingerprint density at radius 1 is 1.10 bits per heavy atom. The molecular formula is C17H18BrFO. The van der Waals surface area contributed by atoms with E-state index in [-0.39, 0.29) is 5.82 Å². The first-order valence-electron chi connectivity index (χ1n) is 6.67. The number of hydrogen-bond acceptors (Lipinski definition) is 1. The van der Waals surface area contributed by atoms with Crippen molar-refractivity contribution in [2.75, 3.05) is 0 Å². The summed E-state index contributed by atoms with van der Waals surface area (Å²) in [5.41, 5.74) is 1.83. The van der Waals surface area contributed by atoms with Crippen molar-refractivity contribution in [1.29, 1.82) is 0 Å². The van der Waals surface area contributed by atoms with Crippen LogP contribution in [-0.2, 0) is 18.4 Å². The van der Waals surface area contributed by atoms with Crippen molar-refractivity contribution in [2.24, 2.45) is 0 Å². The molecule has 3 heteroatoms. The van der Waals surface area contributed by atoms with Crippen LogP contribution in [0.4, 0.5) is 4.39 Å². The quantitative estimate of drug-likeness (QED) is 0.864. The third-order valence-corrected chi connectivity index (χ3v) is 3.91. The van der Waals surface area contributed by atoms with Crippen LogP contribution >= 0.6 is 15.9 Å². The van der Waals surface area contributed by atoms with E-state index < -0.39 is 5.60 Å². The van der Waals surface area contributed by atoms with E-state index in [0.717, 1.165) is 17.5 Å². The highest BCUT2D eigenvalue weighted by Gasteiger charge is 2.23. The zero-order valence-electron chi connectivity index (χ0n) is 11.7. The maximum atomic E-state index is 13.4. The van der Waals surface area contributed by atoms with E-state index >= 15 is 0 Å². The summed E-state index contributed by atoms with van der Waals surface area (Å²) in [6, 6.07) is 12.6. The highest BCUT2D eigenvalue weighted by molar-refractivity contribution is 9.10. The van der Waals surface area contributed by atoms with Crippen molar-refractivity contribution in [2.45, 2.75) is 32.3 Å². The maximum absolute atomic E-state index is 13.4. The molecule has 0 fully saturated rings. The van der Waals surface area contributed by atoms with Crippen molar-refractivity contribution in [3.63, 3.8) is 0 Å². The van der Waals surface area contributed by atoms with Gasteiger partial charge in [-0.15, -0.1) is 0 Å². The van der Waals surface area contributed by atoms with Gasteiger partial charge in [0.25, 0.3) is 0 Å². The zero-order chi connectivity index (χ0) is 14.8. The molecule has 1 unspecified atom stereocenters. The SMILES string of the molecule is CCc1ccc(C(C)(O)Cc2cc(F)cc(Br)c2)cc1. The van der Waals surface area contributed by atoms with Gasteiger partial charge in [-0.3, -0.25) is 0 Å². The van der Waals surface area contributed by atoms with Gasteiger partial charge < -0.3 is 5.11 Å². The molecule has 106 valence electrons. The van der Waals surface area contributed by atoms with Crippen molar-refractivity contribution in [3.05, 3.63) is 69.4 Å². The monoisotopic (exact) mass is 336 g/mol. The molecule has 20 heavy (non-hydrogen) atoms. The van der Waals surface area contributed by atoms with Gasteiger partial charge in [0.15, 0.2) is 0 Å². The van der Waals surface area contributed by atoms with Crippen LogP contribution in [0.25, 0.3) is 0 Å². The Labute approximate surface area is 127 Å². The number of hydrogen-bond donors (Lipinski definition) is 1. The molecule has 0 aliphatic carbocycles. The van der Waals surface area contributed by atoms with Gasteiger partial charge in [0.05, 0.1) is 5.60 Å². The summed E-state index contributed by atoms with van der Waals surface area (Å²) in [4.78, 5) is 0. The molecule has 2 rings (SSSR count). The van der Waals surface area contributed by atoms with E-state index in [2.05, 4.69) is 22.9 Å². The summed E-state index contributed by atoms with van der Waals surface area (Å²) in [5, 5.41) is 10.6. The van der Waals surface area contributed by atoms with Gasteiger partial charge in [-0.05, 0) is 48.2 Å². The lowest BCUT2D eigenvalue weighted by Crippen LogP contribution is -2.24. The van der Waals surface area contributed by atoms with Crippen LogP contribution in [0.1, 0.15) is 30.5 Å². The second kappa shape index (κ2) is 6.06. The van der Waals surface area contributed by atoms with Crippen LogP contribution in [0.3, 0.4) is 0 Å². The minimum atomic E-state index is -1.01. The fourth-order valence-electron chi connectivity index (χ4n) is 2.31. The average Bonchev–Trinajstić information content (AvgIpc) is 2.37. The first-order valence-corrected chi connectivity index (χ1v) is 7.47. The van der Waals surface area contributed by atoms with Crippen LogP contribution in [0, 0.1) is 5.82 Å². The molecule has 0 saturated heterocycles. The van der Waals surface area contributed by atoms with Crippen LogP contribution in [-0.4, -0.2) is 5.11 Å². The third kappa shape index (κ3) is 3.68. The lowest BCUT2D eigenvalue weighted by Gasteiger charge is -2.24. The Bertz CT molecular complexity index is 570. The summed E-state index contributed by atoms with van der Waals surface area (Å²) in [5.74, 6) is -0.300.